The maximum absolute atomic E-state index is 13.3. The Kier molecular flexibility index (Phi) is 8.46. The zero-order valence-corrected chi connectivity index (χ0v) is 22.0. The van der Waals surface area contributed by atoms with E-state index in [0.717, 1.165) is 0 Å². The summed E-state index contributed by atoms with van der Waals surface area (Å²) >= 11 is 6.29. The molecule has 190 valence electrons. The maximum Gasteiger partial charge on any atom is 0.251 e. The molecule has 0 aliphatic carbocycles. The number of ether oxygens (including phenoxy) is 1. The minimum atomic E-state index is -3.88. The molecule has 36 heavy (non-hydrogen) atoms. The average Bonchev–Trinajstić information content (AvgIpc) is 2.87. The van der Waals surface area contributed by atoms with Gasteiger partial charge in [0, 0.05) is 31.1 Å². The summed E-state index contributed by atoms with van der Waals surface area (Å²) in [5.41, 5.74) is 2.60. The average molecular weight is 527 g/mol. The number of nitrogens with zero attached hydrogens (tertiary/aromatic N) is 1. The lowest BCUT2D eigenvalue weighted by atomic mass is 9.88. The Hall–Kier alpha value is -2.71. The molecule has 6 nitrogen and oxygen atoms in total. The quantitative estimate of drug-likeness (QED) is 0.443. The van der Waals surface area contributed by atoms with Crippen LogP contribution in [0.5, 0.6) is 0 Å². The van der Waals surface area contributed by atoms with E-state index in [4.69, 9.17) is 16.3 Å². The van der Waals surface area contributed by atoms with Crippen LogP contribution in [0.3, 0.4) is 0 Å². The van der Waals surface area contributed by atoms with Crippen LogP contribution >= 0.6 is 11.6 Å². The predicted octanol–water partition coefficient (Wildman–Crippen LogP) is 5.09. The molecular formula is C28H31ClN2O4S. The fourth-order valence-corrected chi connectivity index (χ4v) is 6.73. The molecule has 2 atom stereocenters. The van der Waals surface area contributed by atoms with E-state index in [1.54, 1.807) is 6.07 Å². The monoisotopic (exact) mass is 526 g/mol. The summed E-state index contributed by atoms with van der Waals surface area (Å²) in [5.74, 6) is -0.217. The molecule has 0 spiro atoms. The van der Waals surface area contributed by atoms with E-state index in [0.29, 0.717) is 13.0 Å². The largest absolute Gasteiger partial charge is 0.373 e. The van der Waals surface area contributed by atoms with Crippen LogP contribution in [0.4, 0.5) is 0 Å². The van der Waals surface area contributed by atoms with Crippen molar-refractivity contribution in [3.05, 3.63) is 101 Å². The van der Waals surface area contributed by atoms with Gasteiger partial charge in [0.15, 0.2) is 0 Å². The van der Waals surface area contributed by atoms with Gasteiger partial charge in [-0.25, -0.2) is 8.42 Å². The van der Waals surface area contributed by atoms with Crippen molar-refractivity contribution < 1.29 is 17.9 Å². The second kappa shape index (κ2) is 11.6. The smallest absolute Gasteiger partial charge is 0.251 e. The molecule has 1 saturated heterocycles. The van der Waals surface area contributed by atoms with Gasteiger partial charge in [0.2, 0.25) is 10.0 Å². The first-order valence-electron chi connectivity index (χ1n) is 12.1. The minimum absolute atomic E-state index is 0.0652. The summed E-state index contributed by atoms with van der Waals surface area (Å²) < 4.78 is 33.7. The second-order valence-electron chi connectivity index (χ2n) is 9.14. The van der Waals surface area contributed by atoms with Crippen molar-refractivity contribution >= 4 is 27.5 Å². The van der Waals surface area contributed by atoms with E-state index in [1.807, 2.05) is 50.2 Å². The van der Waals surface area contributed by atoms with Crippen LogP contribution in [0.1, 0.15) is 47.7 Å². The van der Waals surface area contributed by atoms with E-state index in [9.17, 15) is 13.2 Å². The fourth-order valence-electron chi connectivity index (χ4n) is 4.64. The highest BCUT2D eigenvalue weighted by Gasteiger charge is 2.34. The normalized spacial score (nSPS) is 18.8. The van der Waals surface area contributed by atoms with Gasteiger partial charge in [0.25, 0.3) is 5.91 Å². The Morgan fingerprint density at radius 2 is 1.53 bits per heavy atom. The Morgan fingerprint density at radius 3 is 2.08 bits per heavy atom. The van der Waals surface area contributed by atoms with E-state index in [2.05, 4.69) is 29.6 Å². The number of amides is 1. The van der Waals surface area contributed by atoms with Crippen molar-refractivity contribution in [2.45, 2.75) is 43.3 Å². The molecule has 2 unspecified atom stereocenters. The Balaban J connectivity index is 1.48. The predicted molar refractivity (Wildman–Crippen MR) is 142 cm³/mol. The summed E-state index contributed by atoms with van der Waals surface area (Å²) in [7, 11) is -3.88. The van der Waals surface area contributed by atoms with Crippen LogP contribution in [0.2, 0.25) is 5.02 Å². The molecule has 0 saturated carbocycles. The lowest BCUT2D eigenvalue weighted by Crippen LogP contribution is -2.48. The lowest BCUT2D eigenvalue weighted by Gasteiger charge is -2.34. The maximum atomic E-state index is 13.3. The number of halogens is 1. The van der Waals surface area contributed by atoms with Gasteiger partial charge in [-0.1, -0.05) is 72.3 Å². The highest BCUT2D eigenvalue weighted by Crippen LogP contribution is 2.29. The third kappa shape index (κ3) is 6.16. The van der Waals surface area contributed by atoms with Crippen molar-refractivity contribution in [2.75, 3.05) is 19.6 Å². The summed E-state index contributed by atoms with van der Waals surface area (Å²) in [6, 6.07) is 24.7. The molecule has 1 aliphatic rings. The number of hydrogen-bond donors (Lipinski definition) is 1. The summed E-state index contributed by atoms with van der Waals surface area (Å²) in [5, 5.41) is 3.04. The zero-order chi connectivity index (χ0) is 25.7. The Labute approximate surface area is 218 Å². The van der Waals surface area contributed by atoms with Gasteiger partial charge in [-0.05, 0) is 49.6 Å². The van der Waals surface area contributed by atoms with E-state index in [-0.39, 0.29) is 52.6 Å². The molecule has 8 heteroatoms. The highest BCUT2D eigenvalue weighted by atomic mass is 35.5. The van der Waals surface area contributed by atoms with Gasteiger partial charge >= 0.3 is 0 Å². The first-order chi connectivity index (χ1) is 17.3. The van der Waals surface area contributed by atoms with Crippen LogP contribution in [0.25, 0.3) is 0 Å². The molecule has 0 aromatic heterocycles. The first kappa shape index (κ1) is 26.4. The summed E-state index contributed by atoms with van der Waals surface area (Å²) in [4.78, 5) is 12.9. The van der Waals surface area contributed by atoms with Gasteiger partial charge in [-0.15, -0.1) is 0 Å². The fraction of sp³-hybridized carbons (Fsp3) is 0.321. The lowest BCUT2D eigenvalue weighted by molar-refractivity contribution is -0.0440. The third-order valence-corrected chi connectivity index (χ3v) is 8.63. The van der Waals surface area contributed by atoms with Crippen molar-refractivity contribution in [3.8, 4) is 0 Å². The van der Waals surface area contributed by atoms with Crippen molar-refractivity contribution in [2.24, 2.45) is 0 Å². The van der Waals surface area contributed by atoms with Crippen LogP contribution in [0, 0.1) is 0 Å². The van der Waals surface area contributed by atoms with E-state index < -0.39 is 10.0 Å². The van der Waals surface area contributed by atoms with Crippen molar-refractivity contribution in [1.29, 1.82) is 0 Å². The Morgan fingerprint density at radius 1 is 0.972 bits per heavy atom. The van der Waals surface area contributed by atoms with Crippen molar-refractivity contribution in [1.82, 2.24) is 9.62 Å². The number of benzene rings is 3. The molecule has 1 N–H and O–H groups in total. The SMILES string of the molecule is CC1CN(S(=O)(=O)c2cc(C(=O)NCCC(c3ccccc3)c3ccccc3)ccc2Cl)CC(C)O1. The van der Waals surface area contributed by atoms with Gasteiger partial charge in [0.1, 0.15) is 4.90 Å². The highest BCUT2D eigenvalue weighted by molar-refractivity contribution is 7.89. The minimum Gasteiger partial charge on any atom is -0.373 e. The zero-order valence-electron chi connectivity index (χ0n) is 20.4. The molecule has 3 aromatic carbocycles. The number of hydrogen-bond acceptors (Lipinski definition) is 4. The standard InChI is InChI=1S/C28H31ClN2O4S/c1-20-18-31(19-21(2)35-20)36(33,34)27-17-24(13-14-26(27)29)28(32)30-16-15-25(22-9-5-3-6-10-22)23-11-7-4-8-12-23/h3-14,17,20-21,25H,15-16,18-19H2,1-2H3,(H,30,32). The number of nitrogens with one attached hydrogen (secondary N) is 1. The van der Waals surface area contributed by atoms with Gasteiger partial charge in [-0.3, -0.25) is 4.79 Å². The molecule has 1 heterocycles. The molecule has 1 amide bonds. The van der Waals surface area contributed by atoms with Gasteiger partial charge in [0.05, 0.1) is 17.2 Å². The van der Waals surface area contributed by atoms with E-state index >= 15 is 0 Å². The summed E-state index contributed by atoms with van der Waals surface area (Å²) in [6.45, 7) is 4.57. The number of morpholine rings is 1. The molecule has 3 aromatic rings. The molecule has 1 fully saturated rings. The van der Waals surface area contributed by atoms with Crippen molar-refractivity contribution in [3.63, 3.8) is 0 Å². The van der Waals surface area contributed by atoms with Gasteiger partial charge in [-0.2, -0.15) is 4.31 Å². The van der Waals surface area contributed by atoms with Gasteiger partial charge < -0.3 is 10.1 Å². The second-order valence-corrected chi connectivity index (χ2v) is 11.5. The Bertz CT molecular complexity index is 1240. The third-order valence-electron chi connectivity index (χ3n) is 6.32. The van der Waals surface area contributed by atoms with Crippen LogP contribution < -0.4 is 5.32 Å². The van der Waals surface area contributed by atoms with E-state index in [1.165, 1.54) is 27.6 Å². The van der Waals surface area contributed by atoms with Crippen LogP contribution in [-0.2, 0) is 14.8 Å². The molecular weight excluding hydrogens is 496 g/mol. The number of carbonyl (C=O) groups is 1. The summed E-state index contributed by atoms with van der Waals surface area (Å²) in [6.07, 6.45) is 0.245. The molecule has 0 bridgehead atoms. The topological polar surface area (TPSA) is 75.7 Å². The van der Waals surface area contributed by atoms with Crippen LogP contribution in [0.15, 0.2) is 83.8 Å². The molecule has 0 radical (unpaired) electrons. The number of rotatable bonds is 8. The number of sulfonamides is 1. The van der Waals surface area contributed by atoms with Crippen LogP contribution in [-0.4, -0.2) is 50.5 Å². The molecule has 4 rings (SSSR count). The molecule has 1 aliphatic heterocycles. The first-order valence-corrected chi connectivity index (χ1v) is 13.9. The number of carbonyl (C=O) groups excluding carboxylic acids is 1.